The molecule has 4 aliphatic carbocycles. The van der Waals surface area contributed by atoms with Crippen molar-refractivity contribution in [2.45, 2.75) is 109 Å². The molecule has 0 spiro atoms. The number of nitrogens with zero attached hydrogens (tertiary/aromatic N) is 4. The zero-order valence-electron chi connectivity index (χ0n) is 39.3. The maximum absolute atomic E-state index is 13.7. The van der Waals surface area contributed by atoms with Crippen molar-refractivity contribution in [3.63, 3.8) is 0 Å². The number of hydrogen-bond acceptors (Lipinski definition) is 14. The first-order chi connectivity index (χ1) is 33.4. The third-order valence-corrected chi connectivity index (χ3v) is 15.8. The largest absolute Gasteiger partial charge is 0.479 e. The molecule has 7 atom stereocenters. The molecule has 368 valence electrons. The highest BCUT2D eigenvalue weighted by Crippen LogP contribution is 2.72. The molecule has 2 unspecified atom stereocenters. The molecule has 17 nitrogen and oxygen atoms in total. The number of aliphatic hydroxyl groups is 3. The van der Waals surface area contributed by atoms with Gasteiger partial charge >= 0.3 is 11.9 Å². The number of fused-ring (bicyclic) bond motifs is 2. The summed E-state index contributed by atoms with van der Waals surface area (Å²) in [5.41, 5.74) is 4.17. The lowest BCUT2D eigenvalue weighted by molar-refractivity contribution is -0.294. The molecule has 3 aromatic heterocycles. The van der Waals surface area contributed by atoms with Gasteiger partial charge in [-0.05, 0) is 122 Å². The number of amides is 1. The van der Waals surface area contributed by atoms with Crippen LogP contribution in [0, 0.1) is 23.2 Å². The van der Waals surface area contributed by atoms with Gasteiger partial charge in [0.25, 0.3) is 5.91 Å². The van der Waals surface area contributed by atoms with E-state index in [4.69, 9.17) is 24.3 Å². The van der Waals surface area contributed by atoms with Gasteiger partial charge in [0.1, 0.15) is 18.3 Å². The van der Waals surface area contributed by atoms with E-state index in [0.29, 0.717) is 71.1 Å². The summed E-state index contributed by atoms with van der Waals surface area (Å²) in [5, 5.41) is 63.4. The number of benzene rings is 3. The van der Waals surface area contributed by atoms with Gasteiger partial charge in [0.2, 0.25) is 0 Å². The first-order valence-electron chi connectivity index (χ1n) is 23.8. The van der Waals surface area contributed by atoms with Gasteiger partial charge in [-0.15, -0.1) is 0 Å². The molecule has 11 rings (SSSR count). The summed E-state index contributed by atoms with van der Waals surface area (Å²) in [6, 6.07) is 22.5. The number of thiazole rings is 1. The quantitative estimate of drug-likeness (QED) is 0.0473. The van der Waals surface area contributed by atoms with Crippen molar-refractivity contribution in [3.05, 3.63) is 95.9 Å². The Balaban J connectivity index is 0.802. The van der Waals surface area contributed by atoms with E-state index in [1.165, 1.54) is 11.3 Å². The van der Waals surface area contributed by atoms with E-state index in [2.05, 4.69) is 29.5 Å². The fourth-order valence-electron chi connectivity index (χ4n) is 13.1. The number of hydrogen-bond donors (Lipinski definition) is 7. The first-order valence-corrected chi connectivity index (χ1v) is 24.6. The second kappa shape index (κ2) is 18.5. The Kier molecular flexibility index (Phi) is 12.7. The van der Waals surface area contributed by atoms with E-state index in [1.807, 2.05) is 72.3 Å². The topological polar surface area (TPSA) is 248 Å². The number of anilines is 1. The van der Waals surface area contributed by atoms with Gasteiger partial charge in [0.15, 0.2) is 23.2 Å². The number of rotatable bonds is 17. The third-order valence-electron chi connectivity index (χ3n) is 14.8. The van der Waals surface area contributed by atoms with Crippen LogP contribution in [-0.2, 0) is 25.5 Å². The van der Waals surface area contributed by atoms with E-state index in [1.54, 1.807) is 18.3 Å². The maximum Gasteiger partial charge on any atom is 0.355 e. The van der Waals surface area contributed by atoms with Gasteiger partial charge in [0, 0.05) is 41.0 Å². The SMILES string of the molecule is Cc1c(-c2ccc(-c3ccc4cccc(C(=O)Nc5nc6ccccc6s5)c4c3)nc2C(=O)O)cnn1CC12CC3(C)CC(C)(C1)CC(OCCNCCCO[C@@H]1O[C@H](C(=O)O)[C@@H](O)[C@H](O)[C@H]1O)(C3)C2. The molecule has 18 heteroatoms. The van der Waals surface area contributed by atoms with Crippen LogP contribution in [0.4, 0.5) is 5.13 Å². The van der Waals surface area contributed by atoms with E-state index >= 15 is 0 Å². The number of carboxylic acids is 2. The number of aromatic nitrogens is 4. The van der Waals surface area contributed by atoms with E-state index in [9.17, 15) is 39.9 Å². The third kappa shape index (κ3) is 9.23. The molecule has 7 N–H and O–H groups in total. The minimum Gasteiger partial charge on any atom is -0.479 e. The summed E-state index contributed by atoms with van der Waals surface area (Å²) in [5.74, 6) is -2.91. The van der Waals surface area contributed by atoms with Crippen LogP contribution >= 0.6 is 11.3 Å². The molecule has 1 aliphatic heterocycles. The average molecular weight is 975 g/mol. The normalized spacial score (nSPS) is 29.2. The van der Waals surface area contributed by atoms with Crippen LogP contribution in [0.25, 0.3) is 43.4 Å². The molecule has 5 aliphatic rings. The Hall–Kier alpha value is -5.70. The molecule has 5 fully saturated rings. The summed E-state index contributed by atoms with van der Waals surface area (Å²) >= 11 is 1.41. The highest BCUT2D eigenvalue weighted by molar-refractivity contribution is 7.22. The van der Waals surface area contributed by atoms with Crippen LogP contribution in [0.15, 0.2) is 79.0 Å². The first kappa shape index (κ1) is 48.0. The van der Waals surface area contributed by atoms with Crippen molar-refractivity contribution in [2.24, 2.45) is 16.2 Å². The minimum atomic E-state index is -1.77. The Morgan fingerprint density at radius 3 is 2.39 bits per heavy atom. The van der Waals surface area contributed by atoms with Crippen molar-refractivity contribution < 1.29 is 54.1 Å². The fraction of sp³-hybridized carbons (Fsp3) is 0.462. The molecule has 1 saturated heterocycles. The van der Waals surface area contributed by atoms with Gasteiger partial charge in [-0.2, -0.15) is 5.10 Å². The van der Waals surface area contributed by atoms with Crippen molar-refractivity contribution >= 4 is 55.3 Å². The Morgan fingerprint density at radius 1 is 0.843 bits per heavy atom. The number of carboxylic acid groups (broad SMARTS) is 2. The minimum absolute atomic E-state index is 0.0793. The number of ether oxygens (including phenoxy) is 3. The van der Waals surface area contributed by atoms with Crippen LogP contribution < -0.4 is 10.6 Å². The predicted octanol–water partition coefficient (Wildman–Crippen LogP) is 6.66. The van der Waals surface area contributed by atoms with Crippen LogP contribution in [0.5, 0.6) is 0 Å². The molecule has 1 amide bonds. The second-order valence-corrected chi connectivity index (χ2v) is 21.8. The molecule has 4 heterocycles. The summed E-state index contributed by atoms with van der Waals surface area (Å²) in [7, 11) is 0. The maximum atomic E-state index is 13.7. The second-order valence-electron chi connectivity index (χ2n) is 20.8. The average Bonchev–Trinajstić information content (AvgIpc) is 3.88. The smallest absolute Gasteiger partial charge is 0.355 e. The molecular weight excluding hydrogens is 917 g/mol. The number of pyridine rings is 1. The van der Waals surface area contributed by atoms with E-state index in [-0.39, 0.29) is 40.1 Å². The van der Waals surface area contributed by atoms with Crippen LogP contribution in [0.1, 0.15) is 85.3 Å². The number of aromatic carboxylic acids is 1. The van der Waals surface area contributed by atoms with Gasteiger partial charge < -0.3 is 45.1 Å². The van der Waals surface area contributed by atoms with Crippen molar-refractivity contribution in [1.29, 1.82) is 0 Å². The standard InChI is InChI=1S/C52H58N6O11S/c1-29-35(32-14-15-36(55-39(32)45(63)64)31-13-12-30-8-6-9-33(34(30)20-31)44(62)57-48-56-37-10-4-5-11-38(37)70-48)21-54-58(29)28-51-23-49(2)22-50(3,24-51)26-52(25-49,27-51)68-19-17-53-16-7-18-67-47-42(61)40(59)41(60)43(69-47)46(65)66/h4-6,8-15,20-21,40-43,47,53,59-61H,7,16-19,22-28H2,1-3H3,(H,63,64)(H,65,66)(H,56,57,62)/t40-,41-,42+,43-,47+,49?,50?,51?,52?/m0/s1. The molecule has 6 aromatic rings. The lowest BCUT2D eigenvalue weighted by Gasteiger charge is -2.69. The zero-order chi connectivity index (χ0) is 49.2. The number of aliphatic hydroxyl groups excluding tert-OH is 3. The van der Waals surface area contributed by atoms with Crippen LogP contribution in [0.2, 0.25) is 0 Å². The monoisotopic (exact) mass is 974 g/mol. The van der Waals surface area contributed by atoms with Gasteiger partial charge in [0.05, 0.1) is 40.9 Å². The van der Waals surface area contributed by atoms with Gasteiger partial charge in [-0.1, -0.05) is 61.6 Å². The van der Waals surface area contributed by atoms with Crippen molar-refractivity contribution in [2.75, 3.05) is 31.6 Å². The summed E-state index contributed by atoms with van der Waals surface area (Å²) in [4.78, 5) is 47.3. The molecule has 4 bridgehead atoms. The Bertz CT molecular complexity index is 2940. The summed E-state index contributed by atoms with van der Waals surface area (Å²) < 4.78 is 20.6. The van der Waals surface area contributed by atoms with Crippen molar-refractivity contribution in [1.82, 2.24) is 25.1 Å². The lowest BCUT2D eigenvalue weighted by atomic mass is 9.39. The number of nitrogens with one attached hydrogen (secondary N) is 2. The summed E-state index contributed by atoms with van der Waals surface area (Å²) in [6.45, 7) is 9.24. The number of carbonyl (C=O) groups excluding carboxylic acids is 1. The number of carbonyl (C=O) groups is 3. The van der Waals surface area contributed by atoms with Crippen LogP contribution in [-0.4, -0.2) is 126 Å². The molecule has 0 radical (unpaired) electrons. The highest BCUT2D eigenvalue weighted by Gasteiger charge is 2.66. The Labute approximate surface area is 407 Å². The van der Waals surface area contributed by atoms with Crippen LogP contribution in [0.3, 0.4) is 0 Å². The predicted molar refractivity (Wildman–Crippen MR) is 260 cm³/mol. The number of aliphatic carboxylic acids is 1. The fourth-order valence-corrected chi connectivity index (χ4v) is 14.0. The highest BCUT2D eigenvalue weighted by atomic mass is 32.1. The Morgan fingerprint density at radius 2 is 1.63 bits per heavy atom. The zero-order valence-corrected chi connectivity index (χ0v) is 40.1. The lowest BCUT2D eigenvalue weighted by Crippen LogP contribution is -2.64. The van der Waals surface area contributed by atoms with E-state index < -0.39 is 42.6 Å². The van der Waals surface area contributed by atoms with Gasteiger partial charge in [-0.25, -0.2) is 19.6 Å². The molecular formula is C52H58N6O11S. The molecule has 4 saturated carbocycles. The van der Waals surface area contributed by atoms with E-state index in [0.717, 1.165) is 59.8 Å². The summed E-state index contributed by atoms with van der Waals surface area (Å²) in [6.07, 6.45) is 0.195. The molecule has 70 heavy (non-hydrogen) atoms. The molecule has 3 aromatic carbocycles. The van der Waals surface area contributed by atoms with Gasteiger partial charge in [-0.3, -0.25) is 14.8 Å². The number of para-hydroxylation sites is 1. The van der Waals surface area contributed by atoms with Crippen molar-refractivity contribution in [3.8, 4) is 22.4 Å².